The van der Waals surface area contributed by atoms with Crippen LogP contribution in [0.15, 0.2) is 15.9 Å². The van der Waals surface area contributed by atoms with Crippen molar-refractivity contribution in [2.75, 3.05) is 20.2 Å². The summed E-state index contributed by atoms with van der Waals surface area (Å²) in [6, 6.07) is 4.17. The number of nitrogens with one attached hydrogen (secondary N) is 1. The Kier molecular flexibility index (Phi) is 5.62. The second kappa shape index (κ2) is 6.52. The van der Waals surface area contributed by atoms with E-state index in [2.05, 4.69) is 33.4 Å². The molecule has 1 heterocycles. The maximum absolute atomic E-state index is 11.4. The predicted octanol–water partition coefficient (Wildman–Crippen LogP) is 2.84. The molecule has 0 atom stereocenters. The highest BCUT2D eigenvalue weighted by Crippen LogP contribution is 2.22. The quantitative estimate of drug-likeness (QED) is 0.647. The molecule has 17 heavy (non-hydrogen) atoms. The molecule has 0 aliphatic rings. The summed E-state index contributed by atoms with van der Waals surface area (Å²) in [6.07, 6.45) is 0.980. The van der Waals surface area contributed by atoms with Crippen LogP contribution in [-0.2, 0) is 16.0 Å². The van der Waals surface area contributed by atoms with Crippen LogP contribution in [0, 0.1) is 5.41 Å². The maximum Gasteiger partial charge on any atom is 0.312 e. The van der Waals surface area contributed by atoms with Crippen molar-refractivity contribution in [3.8, 4) is 0 Å². The van der Waals surface area contributed by atoms with Gasteiger partial charge in [-0.05, 0) is 54.9 Å². The number of ether oxygens (including phenoxy) is 1. The van der Waals surface area contributed by atoms with Crippen molar-refractivity contribution in [3.05, 3.63) is 20.8 Å². The highest BCUT2D eigenvalue weighted by atomic mass is 79.9. The van der Waals surface area contributed by atoms with Gasteiger partial charge in [-0.2, -0.15) is 0 Å². The van der Waals surface area contributed by atoms with Crippen LogP contribution in [0.25, 0.3) is 0 Å². The third-order valence-corrected chi connectivity index (χ3v) is 4.17. The van der Waals surface area contributed by atoms with Crippen LogP contribution in [0.2, 0.25) is 0 Å². The Labute approximate surface area is 115 Å². The summed E-state index contributed by atoms with van der Waals surface area (Å²) >= 11 is 5.18. The molecule has 0 radical (unpaired) electrons. The lowest BCUT2D eigenvalue weighted by Gasteiger charge is -2.21. The molecule has 0 fully saturated rings. The van der Waals surface area contributed by atoms with E-state index in [0.717, 1.165) is 16.8 Å². The van der Waals surface area contributed by atoms with E-state index in [0.29, 0.717) is 6.54 Å². The van der Waals surface area contributed by atoms with Crippen LogP contribution in [0.1, 0.15) is 18.7 Å². The van der Waals surface area contributed by atoms with Crippen molar-refractivity contribution in [2.45, 2.75) is 20.3 Å². The fourth-order valence-electron chi connectivity index (χ4n) is 1.45. The molecule has 96 valence electrons. The van der Waals surface area contributed by atoms with Gasteiger partial charge in [-0.1, -0.05) is 0 Å². The lowest BCUT2D eigenvalue weighted by Crippen LogP contribution is -2.37. The van der Waals surface area contributed by atoms with E-state index in [9.17, 15) is 4.79 Å². The van der Waals surface area contributed by atoms with Gasteiger partial charge < -0.3 is 10.1 Å². The number of rotatable bonds is 6. The zero-order valence-electron chi connectivity index (χ0n) is 10.4. The zero-order valence-corrected chi connectivity index (χ0v) is 12.8. The highest BCUT2D eigenvalue weighted by molar-refractivity contribution is 9.11. The minimum absolute atomic E-state index is 0.177. The third-order valence-electron chi connectivity index (χ3n) is 2.48. The molecular formula is C12H18BrNO2S. The fourth-order valence-corrected chi connectivity index (χ4v) is 2.93. The summed E-state index contributed by atoms with van der Waals surface area (Å²) in [6.45, 7) is 5.26. The Morgan fingerprint density at radius 1 is 1.53 bits per heavy atom. The van der Waals surface area contributed by atoms with E-state index < -0.39 is 5.41 Å². The van der Waals surface area contributed by atoms with Crippen molar-refractivity contribution >= 4 is 33.2 Å². The van der Waals surface area contributed by atoms with Crippen LogP contribution in [0.4, 0.5) is 0 Å². The molecule has 0 bridgehead atoms. The van der Waals surface area contributed by atoms with Crippen LogP contribution >= 0.6 is 27.3 Å². The van der Waals surface area contributed by atoms with Gasteiger partial charge in [0, 0.05) is 11.4 Å². The standard InChI is InChI=1S/C12H18BrNO2S/c1-12(2,11(15)16-3)8-14-7-6-9-4-5-10(13)17-9/h4-5,14H,6-8H2,1-3H3. The average molecular weight is 320 g/mol. The first kappa shape index (κ1) is 14.7. The van der Waals surface area contributed by atoms with Gasteiger partial charge in [0.05, 0.1) is 16.3 Å². The van der Waals surface area contributed by atoms with Gasteiger partial charge in [-0.25, -0.2) is 0 Å². The number of esters is 1. The smallest absolute Gasteiger partial charge is 0.312 e. The first-order valence-corrected chi connectivity index (χ1v) is 7.10. The van der Waals surface area contributed by atoms with Crippen molar-refractivity contribution in [2.24, 2.45) is 5.41 Å². The summed E-state index contributed by atoms with van der Waals surface area (Å²) in [5.74, 6) is -0.177. The van der Waals surface area contributed by atoms with Gasteiger partial charge in [-0.15, -0.1) is 11.3 Å². The second-order valence-electron chi connectivity index (χ2n) is 4.51. The molecule has 0 saturated carbocycles. The van der Waals surface area contributed by atoms with E-state index >= 15 is 0 Å². The van der Waals surface area contributed by atoms with E-state index in [4.69, 9.17) is 4.74 Å². The normalized spacial score (nSPS) is 11.5. The number of carbonyl (C=O) groups is 1. The Balaban J connectivity index is 2.26. The molecule has 0 saturated heterocycles. The molecule has 1 aromatic rings. The molecule has 0 amide bonds. The summed E-state index contributed by atoms with van der Waals surface area (Å²) < 4.78 is 5.91. The third kappa shape index (κ3) is 4.77. The van der Waals surface area contributed by atoms with Crippen LogP contribution in [0.3, 0.4) is 0 Å². The molecule has 0 aliphatic heterocycles. The lowest BCUT2D eigenvalue weighted by atomic mass is 9.94. The Hall–Kier alpha value is -0.390. The van der Waals surface area contributed by atoms with Gasteiger partial charge >= 0.3 is 5.97 Å². The second-order valence-corrected chi connectivity index (χ2v) is 7.06. The van der Waals surface area contributed by atoms with Gasteiger partial charge in [0.25, 0.3) is 0 Å². The van der Waals surface area contributed by atoms with Gasteiger partial charge in [0.15, 0.2) is 0 Å². The van der Waals surface area contributed by atoms with Crippen molar-refractivity contribution in [1.82, 2.24) is 5.32 Å². The molecule has 1 rings (SSSR count). The average Bonchev–Trinajstić information content (AvgIpc) is 2.69. The zero-order chi connectivity index (χ0) is 12.9. The minimum atomic E-state index is -0.467. The Morgan fingerprint density at radius 3 is 2.76 bits per heavy atom. The summed E-state index contributed by atoms with van der Waals surface area (Å²) in [5.41, 5.74) is -0.467. The summed E-state index contributed by atoms with van der Waals surface area (Å²) in [4.78, 5) is 12.8. The van der Waals surface area contributed by atoms with Crippen LogP contribution < -0.4 is 5.32 Å². The minimum Gasteiger partial charge on any atom is -0.469 e. The highest BCUT2D eigenvalue weighted by Gasteiger charge is 2.27. The molecule has 0 spiro atoms. The molecule has 0 aliphatic carbocycles. The number of hydrogen-bond donors (Lipinski definition) is 1. The monoisotopic (exact) mass is 319 g/mol. The topological polar surface area (TPSA) is 38.3 Å². The van der Waals surface area contributed by atoms with E-state index in [1.165, 1.54) is 12.0 Å². The van der Waals surface area contributed by atoms with E-state index in [1.807, 2.05) is 13.8 Å². The van der Waals surface area contributed by atoms with Crippen LogP contribution in [0.5, 0.6) is 0 Å². The Morgan fingerprint density at radius 2 is 2.24 bits per heavy atom. The van der Waals surface area contributed by atoms with Gasteiger partial charge in [0.1, 0.15) is 0 Å². The van der Waals surface area contributed by atoms with E-state index in [-0.39, 0.29) is 5.97 Å². The molecular weight excluding hydrogens is 302 g/mol. The molecule has 0 unspecified atom stereocenters. The van der Waals surface area contributed by atoms with E-state index in [1.54, 1.807) is 11.3 Å². The number of halogens is 1. The number of thiophene rings is 1. The maximum atomic E-state index is 11.4. The van der Waals surface area contributed by atoms with Gasteiger partial charge in [0.2, 0.25) is 0 Å². The number of carbonyl (C=O) groups excluding carboxylic acids is 1. The fraction of sp³-hybridized carbons (Fsp3) is 0.583. The van der Waals surface area contributed by atoms with Crippen molar-refractivity contribution in [1.29, 1.82) is 0 Å². The van der Waals surface area contributed by atoms with Crippen molar-refractivity contribution < 1.29 is 9.53 Å². The summed E-state index contributed by atoms with van der Waals surface area (Å²) in [7, 11) is 1.42. The molecule has 1 aromatic heterocycles. The first-order valence-electron chi connectivity index (χ1n) is 5.49. The predicted molar refractivity (Wildman–Crippen MR) is 74.4 cm³/mol. The SMILES string of the molecule is COC(=O)C(C)(C)CNCCc1ccc(Br)s1. The summed E-state index contributed by atoms with van der Waals surface area (Å²) in [5, 5.41) is 3.29. The number of methoxy groups -OCH3 is 1. The number of hydrogen-bond acceptors (Lipinski definition) is 4. The Bertz CT molecular complexity index is 376. The molecule has 5 heteroatoms. The lowest BCUT2D eigenvalue weighted by molar-refractivity contribution is -0.150. The first-order chi connectivity index (χ1) is 7.95. The molecule has 1 N–H and O–H groups in total. The van der Waals surface area contributed by atoms with Crippen LogP contribution in [-0.4, -0.2) is 26.2 Å². The molecule has 3 nitrogen and oxygen atoms in total. The molecule has 0 aromatic carbocycles. The van der Waals surface area contributed by atoms with Crippen molar-refractivity contribution in [3.63, 3.8) is 0 Å². The van der Waals surface area contributed by atoms with Gasteiger partial charge in [-0.3, -0.25) is 4.79 Å². The largest absolute Gasteiger partial charge is 0.469 e.